The number of nitrogens with one attached hydrogen (secondary N) is 2. The third-order valence-electron chi connectivity index (χ3n) is 5.56. The molecule has 0 fully saturated rings. The van der Waals surface area contributed by atoms with Crippen LogP contribution < -0.4 is 20.3 Å². The van der Waals surface area contributed by atoms with E-state index in [-0.39, 0.29) is 24.2 Å². The average Bonchev–Trinajstić information content (AvgIpc) is 3.54. The number of carbonyl (C=O) groups excluding carboxylic acids is 2. The van der Waals surface area contributed by atoms with Crippen LogP contribution in [0.15, 0.2) is 95.6 Å². The number of fused-ring (bicyclic) bond motifs is 1. The Morgan fingerprint density at radius 3 is 2.56 bits per heavy atom. The summed E-state index contributed by atoms with van der Waals surface area (Å²) in [5.41, 5.74) is 4.67. The molecule has 2 amide bonds. The van der Waals surface area contributed by atoms with Crippen LogP contribution in [0.5, 0.6) is 5.75 Å². The van der Waals surface area contributed by atoms with Gasteiger partial charge in [0.1, 0.15) is 5.75 Å². The van der Waals surface area contributed by atoms with E-state index in [4.69, 9.17) is 9.15 Å². The normalized spacial score (nSPS) is 12.2. The second kappa shape index (κ2) is 9.54. The number of carbonyl (C=O) groups is 2. The first-order valence-corrected chi connectivity index (χ1v) is 11.0. The lowest BCUT2D eigenvalue weighted by Gasteiger charge is -2.23. The van der Waals surface area contributed by atoms with E-state index >= 15 is 0 Å². The predicted octanol–water partition coefficient (Wildman–Crippen LogP) is 5.24. The van der Waals surface area contributed by atoms with Crippen molar-refractivity contribution in [3.8, 4) is 5.75 Å². The minimum Gasteiger partial charge on any atom is -0.484 e. The molecule has 0 bridgehead atoms. The molecule has 34 heavy (non-hydrogen) atoms. The molecule has 1 aliphatic rings. The molecule has 0 saturated heterocycles. The summed E-state index contributed by atoms with van der Waals surface area (Å²) in [4.78, 5) is 27.1. The third kappa shape index (κ3) is 4.63. The van der Waals surface area contributed by atoms with Gasteiger partial charge in [0, 0.05) is 24.0 Å². The first kappa shape index (κ1) is 21.3. The molecule has 1 aromatic heterocycles. The maximum Gasteiger partial charge on any atom is 0.291 e. The second-order valence-corrected chi connectivity index (χ2v) is 7.84. The van der Waals surface area contributed by atoms with Crippen LogP contribution in [0, 0.1) is 0 Å². The van der Waals surface area contributed by atoms with Crippen LogP contribution >= 0.6 is 0 Å². The number of anilines is 4. The largest absolute Gasteiger partial charge is 0.484 e. The van der Waals surface area contributed by atoms with Gasteiger partial charge in [-0.1, -0.05) is 36.4 Å². The van der Waals surface area contributed by atoms with Gasteiger partial charge in [-0.05, 0) is 54.4 Å². The van der Waals surface area contributed by atoms with E-state index < -0.39 is 0 Å². The Balaban J connectivity index is 1.22. The molecule has 0 unspecified atom stereocenters. The molecular weight excluding hydrogens is 430 g/mol. The number of benzene rings is 3. The smallest absolute Gasteiger partial charge is 0.291 e. The molecule has 0 saturated carbocycles. The van der Waals surface area contributed by atoms with Crippen molar-refractivity contribution in [2.75, 3.05) is 28.7 Å². The number of hydrogen-bond donors (Lipinski definition) is 2. The molecule has 7 nitrogen and oxygen atoms in total. The van der Waals surface area contributed by atoms with Crippen LogP contribution in [0.2, 0.25) is 0 Å². The van der Waals surface area contributed by atoms with Gasteiger partial charge in [-0.25, -0.2) is 0 Å². The number of amides is 2. The molecule has 0 radical (unpaired) electrons. The topological polar surface area (TPSA) is 83.8 Å². The molecule has 4 aromatic rings. The number of ether oxygens (including phenoxy) is 1. The van der Waals surface area contributed by atoms with Crippen molar-refractivity contribution in [2.45, 2.75) is 6.42 Å². The van der Waals surface area contributed by atoms with E-state index in [1.54, 1.807) is 36.4 Å². The maximum absolute atomic E-state index is 12.7. The Morgan fingerprint density at radius 1 is 0.882 bits per heavy atom. The fourth-order valence-electron chi connectivity index (χ4n) is 4.00. The Morgan fingerprint density at radius 2 is 1.71 bits per heavy atom. The van der Waals surface area contributed by atoms with Gasteiger partial charge in [-0.3, -0.25) is 9.59 Å². The molecule has 7 heteroatoms. The highest BCUT2D eigenvalue weighted by Crippen LogP contribution is 2.38. The quantitative estimate of drug-likeness (QED) is 0.400. The molecule has 0 aliphatic carbocycles. The number of rotatable bonds is 7. The fraction of sp³-hybridized carbons (Fsp3) is 0.111. The van der Waals surface area contributed by atoms with Crippen molar-refractivity contribution < 1.29 is 18.7 Å². The predicted molar refractivity (Wildman–Crippen MR) is 131 cm³/mol. The number of para-hydroxylation sites is 3. The third-order valence-corrected chi connectivity index (χ3v) is 5.56. The monoisotopic (exact) mass is 453 g/mol. The van der Waals surface area contributed by atoms with E-state index in [1.165, 1.54) is 11.8 Å². The van der Waals surface area contributed by atoms with Crippen molar-refractivity contribution in [3.05, 3.63) is 103 Å². The summed E-state index contributed by atoms with van der Waals surface area (Å²) in [5.74, 6) is 0.0454. The lowest BCUT2D eigenvalue weighted by Crippen LogP contribution is -2.22. The van der Waals surface area contributed by atoms with Gasteiger partial charge in [0.05, 0.1) is 17.6 Å². The number of hydrogen-bond acceptors (Lipinski definition) is 5. The van der Waals surface area contributed by atoms with Gasteiger partial charge in [0.2, 0.25) is 0 Å². The number of nitrogens with zero attached hydrogens (tertiary/aromatic N) is 1. The van der Waals surface area contributed by atoms with Gasteiger partial charge in [-0.15, -0.1) is 0 Å². The van der Waals surface area contributed by atoms with Crippen molar-refractivity contribution in [3.63, 3.8) is 0 Å². The van der Waals surface area contributed by atoms with Crippen molar-refractivity contribution in [1.29, 1.82) is 0 Å². The summed E-state index contributed by atoms with van der Waals surface area (Å²) in [6.45, 7) is 0.694. The first-order valence-electron chi connectivity index (χ1n) is 11.0. The van der Waals surface area contributed by atoms with Crippen LogP contribution in [0.1, 0.15) is 16.1 Å². The summed E-state index contributed by atoms with van der Waals surface area (Å²) >= 11 is 0. The molecule has 0 spiro atoms. The zero-order valence-electron chi connectivity index (χ0n) is 18.4. The van der Waals surface area contributed by atoms with Crippen LogP contribution in [-0.4, -0.2) is 25.0 Å². The highest BCUT2D eigenvalue weighted by molar-refractivity contribution is 6.02. The summed E-state index contributed by atoms with van der Waals surface area (Å²) in [5, 5.41) is 5.71. The van der Waals surface area contributed by atoms with Crippen molar-refractivity contribution in [2.24, 2.45) is 0 Å². The Bertz CT molecular complexity index is 1320. The van der Waals surface area contributed by atoms with Crippen LogP contribution in [0.4, 0.5) is 22.7 Å². The van der Waals surface area contributed by atoms with E-state index in [1.807, 2.05) is 36.4 Å². The molecule has 1 aliphatic heterocycles. The van der Waals surface area contributed by atoms with Gasteiger partial charge in [0.25, 0.3) is 11.8 Å². The van der Waals surface area contributed by atoms with Gasteiger partial charge < -0.3 is 24.7 Å². The molecule has 5 rings (SSSR count). The number of furan rings is 1. The summed E-state index contributed by atoms with van der Waals surface area (Å²) in [6, 6.07) is 26.1. The van der Waals surface area contributed by atoms with E-state index in [2.05, 4.69) is 27.7 Å². The molecule has 0 atom stereocenters. The lowest BCUT2D eigenvalue weighted by molar-refractivity contribution is -0.118. The average molecular weight is 453 g/mol. The van der Waals surface area contributed by atoms with Gasteiger partial charge >= 0.3 is 0 Å². The molecule has 170 valence electrons. The molecular formula is C27H23N3O4. The minimum atomic E-state index is -0.361. The van der Waals surface area contributed by atoms with Crippen molar-refractivity contribution in [1.82, 2.24) is 0 Å². The summed E-state index contributed by atoms with van der Waals surface area (Å²) in [7, 11) is 0. The Labute approximate surface area is 197 Å². The van der Waals surface area contributed by atoms with E-state index in [0.29, 0.717) is 11.4 Å². The highest BCUT2D eigenvalue weighted by atomic mass is 16.5. The second-order valence-electron chi connectivity index (χ2n) is 7.84. The molecule has 2 heterocycles. The van der Waals surface area contributed by atoms with Crippen molar-refractivity contribution >= 4 is 34.6 Å². The van der Waals surface area contributed by atoms with Crippen LogP contribution in [0.25, 0.3) is 0 Å². The van der Waals surface area contributed by atoms with E-state index in [9.17, 15) is 9.59 Å². The first-order chi connectivity index (χ1) is 16.7. The lowest BCUT2D eigenvalue weighted by atomic mass is 10.2. The minimum absolute atomic E-state index is 0.166. The van der Waals surface area contributed by atoms with Gasteiger partial charge in [-0.2, -0.15) is 0 Å². The van der Waals surface area contributed by atoms with Crippen LogP contribution in [0.3, 0.4) is 0 Å². The molecule has 2 N–H and O–H groups in total. The van der Waals surface area contributed by atoms with Crippen LogP contribution in [-0.2, 0) is 11.2 Å². The SMILES string of the molecule is O=C(COc1cccc(NC(=O)c2ccco2)c1)Nc1ccccc1N1CCc2ccccc21. The zero-order valence-corrected chi connectivity index (χ0v) is 18.4. The highest BCUT2D eigenvalue weighted by Gasteiger charge is 2.22. The Kier molecular flexibility index (Phi) is 5.99. The maximum atomic E-state index is 12.7. The van der Waals surface area contributed by atoms with Gasteiger partial charge in [0.15, 0.2) is 12.4 Å². The van der Waals surface area contributed by atoms with E-state index in [0.717, 1.165) is 30.0 Å². The summed E-state index contributed by atoms with van der Waals surface area (Å²) < 4.78 is 10.8. The fourth-order valence-corrected chi connectivity index (χ4v) is 4.00. The Hall–Kier alpha value is -4.52. The standard InChI is InChI=1S/C27H23N3O4/c31-26(18-34-21-9-5-8-20(17-21)28-27(32)25-13-6-16-33-25)29-22-10-2-4-12-24(22)30-15-14-19-7-1-3-11-23(19)30/h1-13,16-17H,14-15,18H2,(H,28,32)(H,29,31). The summed E-state index contributed by atoms with van der Waals surface area (Å²) in [6.07, 6.45) is 2.40. The molecule has 3 aromatic carbocycles. The zero-order chi connectivity index (χ0) is 23.3.